The molecular formula is C45H43N5. The van der Waals surface area contributed by atoms with Gasteiger partial charge in [-0.3, -0.25) is 15.0 Å². The van der Waals surface area contributed by atoms with Crippen molar-refractivity contribution in [2.24, 2.45) is 0 Å². The molecular weight excluding hydrogens is 611 g/mol. The molecule has 0 bridgehead atoms. The van der Waals surface area contributed by atoms with Crippen molar-refractivity contribution >= 4 is 49.4 Å². The topological polar surface area (TPSA) is 77.6 Å². The van der Waals surface area contributed by atoms with E-state index in [-0.39, 0.29) is 0 Å². The number of benzene rings is 4. The van der Waals surface area contributed by atoms with Gasteiger partial charge < -0.3 is 5.73 Å². The van der Waals surface area contributed by atoms with Crippen molar-refractivity contribution in [2.45, 2.75) is 60.3 Å². The summed E-state index contributed by atoms with van der Waals surface area (Å²) in [4.78, 5) is 18.2. The maximum Gasteiger partial charge on any atom is 0.150 e. The molecule has 0 radical (unpaired) electrons. The minimum Gasteiger partial charge on any atom is -0.382 e. The van der Waals surface area contributed by atoms with Gasteiger partial charge in [0.15, 0.2) is 5.82 Å². The van der Waals surface area contributed by atoms with Crippen molar-refractivity contribution < 1.29 is 0 Å². The average Bonchev–Trinajstić information content (AvgIpc) is 3.12. The molecule has 0 spiro atoms. The first kappa shape index (κ1) is 32.8. The summed E-state index contributed by atoms with van der Waals surface area (Å²) >= 11 is 0. The molecule has 50 heavy (non-hydrogen) atoms. The van der Waals surface area contributed by atoms with Crippen molar-refractivity contribution in [1.29, 1.82) is 0 Å². The lowest BCUT2D eigenvalue weighted by atomic mass is 10.00. The molecule has 5 nitrogen and oxygen atoms in total. The van der Waals surface area contributed by atoms with Crippen LogP contribution in [0.25, 0.3) is 43.6 Å². The molecule has 8 rings (SSSR count). The fraction of sp³-hybridized carbons (Fsp3) is 0.200. The van der Waals surface area contributed by atoms with Crippen LogP contribution in [0.5, 0.6) is 0 Å². The molecule has 8 aromatic rings. The van der Waals surface area contributed by atoms with E-state index >= 15 is 0 Å². The first-order valence-electron chi connectivity index (χ1n) is 17.4. The van der Waals surface area contributed by atoms with Gasteiger partial charge in [-0.1, -0.05) is 66.7 Å². The van der Waals surface area contributed by atoms with Gasteiger partial charge in [0, 0.05) is 33.9 Å². The highest BCUT2D eigenvalue weighted by Crippen LogP contribution is 2.28. The zero-order chi connectivity index (χ0) is 34.8. The number of nitrogens with zero attached hydrogens (tertiary/aromatic N) is 4. The standard InChI is InChI=1S/C23H23N3.C22H20N2/c1-14-4-9-19-20-12-18(8-7-17-6-5-15(2)16(3)11-17)13-25-22(20)23(24)26-21(19)10-14;1-15-7-8-17(11-16(15)2)9-10-18-12-20-19-5-3-4-6-21(19)24-14-22(20)23-13-18/h4-6,9-13H,7-8H2,1-3H3,(H2,24,26);3-8,11-14H,9-10H2,1-2H3. The van der Waals surface area contributed by atoms with Crippen LogP contribution < -0.4 is 5.73 Å². The Labute approximate surface area is 294 Å². The number of para-hydroxylation sites is 1. The van der Waals surface area contributed by atoms with E-state index in [1.807, 2.05) is 24.7 Å². The molecule has 0 atom stereocenters. The summed E-state index contributed by atoms with van der Waals surface area (Å²) in [7, 11) is 0. The second-order valence-electron chi connectivity index (χ2n) is 13.6. The van der Waals surface area contributed by atoms with Crippen LogP contribution in [-0.2, 0) is 25.7 Å². The maximum atomic E-state index is 6.14. The van der Waals surface area contributed by atoms with E-state index in [0.717, 1.165) is 58.5 Å². The molecule has 4 aromatic heterocycles. The first-order valence-corrected chi connectivity index (χ1v) is 17.4. The van der Waals surface area contributed by atoms with Gasteiger partial charge in [-0.05, 0) is 135 Å². The Kier molecular flexibility index (Phi) is 9.23. The third-order valence-corrected chi connectivity index (χ3v) is 9.91. The summed E-state index contributed by atoms with van der Waals surface area (Å²) < 4.78 is 0. The third-order valence-electron chi connectivity index (χ3n) is 9.91. The second-order valence-corrected chi connectivity index (χ2v) is 13.6. The largest absolute Gasteiger partial charge is 0.382 e. The Balaban J connectivity index is 0.000000157. The number of anilines is 1. The Morgan fingerprint density at radius 2 is 1.02 bits per heavy atom. The number of fused-ring (bicyclic) bond motifs is 6. The molecule has 0 fully saturated rings. The first-order chi connectivity index (χ1) is 24.2. The number of pyridine rings is 4. The minimum atomic E-state index is 0.499. The Morgan fingerprint density at radius 3 is 1.70 bits per heavy atom. The van der Waals surface area contributed by atoms with E-state index in [2.05, 4.69) is 139 Å². The van der Waals surface area contributed by atoms with E-state index < -0.39 is 0 Å². The average molecular weight is 654 g/mol. The molecule has 248 valence electrons. The van der Waals surface area contributed by atoms with Crippen molar-refractivity contribution in [3.63, 3.8) is 0 Å². The molecule has 0 aliphatic rings. The molecule has 0 amide bonds. The molecule has 4 heterocycles. The molecule has 0 aliphatic heterocycles. The smallest absolute Gasteiger partial charge is 0.150 e. The predicted molar refractivity (Wildman–Crippen MR) is 210 cm³/mol. The van der Waals surface area contributed by atoms with Gasteiger partial charge in [0.05, 0.1) is 22.7 Å². The highest BCUT2D eigenvalue weighted by Gasteiger charge is 2.10. The molecule has 0 unspecified atom stereocenters. The van der Waals surface area contributed by atoms with Crippen molar-refractivity contribution in [1.82, 2.24) is 19.9 Å². The van der Waals surface area contributed by atoms with Crippen LogP contribution in [0.2, 0.25) is 0 Å². The van der Waals surface area contributed by atoms with Gasteiger partial charge >= 0.3 is 0 Å². The summed E-state index contributed by atoms with van der Waals surface area (Å²) in [6.45, 7) is 10.7. The Morgan fingerprint density at radius 1 is 0.440 bits per heavy atom. The normalized spacial score (nSPS) is 11.3. The molecule has 2 N–H and O–H groups in total. The maximum absolute atomic E-state index is 6.14. The van der Waals surface area contributed by atoms with Crippen molar-refractivity contribution in [3.8, 4) is 0 Å². The van der Waals surface area contributed by atoms with Crippen LogP contribution in [0.3, 0.4) is 0 Å². The van der Waals surface area contributed by atoms with E-state index in [9.17, 15) is 0 Å². The molecule has 4 aromatic carbocycles. The Bertz CT molecular complexity index is 2520. The zero-order valence-electron chi connectivity index (χ0n) is 29.6. The van der Waals surface area contributed by atoms with Gasteiger partial charge in [0.25, 0.3) is 0 Å². The fourth-order valence-corrected chi connectivity index (χ4v) is 6.61. The van der Waals surface area contributed by atoms with Gasteiger partial charge in [0.2, 0.25) is 0 Å². The number of hydrogen-bond acceptors (Lipinski definition) is 5. The van der Waals surface area contributed by atoms with Crippen LogP contribution in [-0.4, -0.2) is 19.9 Å². The van der Waals surface area contributed by atoms with Gasteiger partial charge in [-0.25, -0.2) is 4.98 Å². The lowest BCUT2D eigenvalue weighted by Gasteiger charge is -2.09. The quantitative estimate of drug-likeness (QED) is 0.181. The van der Waals surface area contributed by atoms with E-state index in [1.54, 1.807) is 0 Å². The predicted octanol–water partition coefficient (Wildman–Crippen LogP) is 10.3. The number of nitrogen functional groups attached to an aromatic ring is 1. The van der Waals surface area contributed by atoms with Gasteiger partial charge in [0.1, 0.15) is 5.52 Å². The number of aryl methyl sites for hydroxylation is 9. The SMILES string of the molecule is Cc1ccc(CCc2cnc3cnc4ccccc4c3c2)cc1C.Cc1ccc2c(c1)nc(N)c1ncc(CCc3ccc(C)c(C)c3)cc12. The number of rotatable bonds is 6. The van der Waals surface area contributed by atoms with E-state index in [1.165, 1.54) is 60.8 Å². The van der Waals surface area contributed by atoms with E-state index in [4.69, 9.17) is 5.73 Å². The summed E-state index contributed by atoms with van der Waals surface area (Å²) in [5, 5.41) is 4.57. The van der Waals surface area contributed by atoms with Crippen molar-refractivity contribution in [2.75, 3.05) is 5.73 Å². The molecule has 0 saturated heterocycles. The van der Waals surface area contributed by atoms with Crippen LogP contribution in [0.1, 0.15) is 50.1 Å². The zero-order valence-corrected chi connectivity index (χ0v) is 29.6. The summed E-state index contributed by atoms with van der Waals surface area (Å²) in [5.74, 6) is 0.499. The molecule has 0 aliphatic carbocycles. The Hall–Kier alpha value is -5.68. The van der Waals surface area contributed by atoms with Crippen LogP contribution in [0, 0.1) is 34.6 Å². The van der Waals surface area contributed by atoms with Crippen LogP contribution in [0.15, 0.2) is 110 Å². The third kappa shape index (κ3) is 7.04. The summed E-state index contributed by atoms with van der Waals surface area (Å²) in [6, 6.07) is 32.5. The number of hydrogen-bond donors (Lipinski definition) is 1. The van der Waals surface area contributed by atoms with Gasteiger partial charge in [-0.2, -0.15) is 0 Å². The van der Waals surface area contributed by atoms with Crippen molar-refractivity contribution in [3.05, 3.63) is 160 Å². The monoisotopic (exact) mass is 653 g/mol. The van der Waals surface area contributed by atoms with Gasteiger partial charge in [-0.15, -0.1) is 0 Å². The summed E-state index contributed by atoms with van der Waals surface area (Å²) in [5.41, 5.74) is 21.7. The number of nitrogens with two attached hydrogens (primary N) is 1. The highest BCUT2D eigenvalue weighted by atomic mass is 14.9. The molecule has 0 saturated carbocycles. The number of aromatic nitrogens is 4. The van der Waals surface area contributed by atoms with Crippen LogP contribution in [0.4, 0.5) is 5.82 Å². The molecule has 5 heteroatoms. The fourth-order valence-electron chi connectivity index (χ4n) is 6.61. The lowest BCUT2D eigenvalue weighted by Crippen LogP contribution is -1.98. The van der Waals surface area contributed by atoms with E-state index in [0.29, 0.717) is 5.82 Å². The highest BCUT2D eigenvalue weighted by molar-refractivity contribution is 6.08. The summed E-state index contributed by atoms with van der Waals surface area (Å²) in [6.07, 6.45) is 9.79. The minimum absolute atomic E-state index is 0.499. The lowest BCUT2D eigenvalue weighted by molar-refractivity contribution is 0.951. The van der Waals surface area contributed by atoms with Crippen LogP contribution >= 0.6 is 0 Å². The second kappa shape index (κ2) is 14.0.